The molecule has 2 aliphatic rings. The summed E-state index contributed by atoms with van der Waals surface area (Å²) in [6.45, 7) is 0.461. The smallest absolute Gasteiger partial charge is 0.255 e. The Balaban J connectivity index is 1.55. The average molecular weight is 382 g/mol. The summed E-state index contributed by atoms with van der Waals surface area (Å²) < 4.78 is 14.0. The summed E-state index contributed by atoms with van der Waals surface area (Å²) in [5.74, 6) is -1.38. The van der Waals surface area contributed by atoms with Gasteiger partial charge in [0.05, 0.1) is 0 Å². The third kappa shape index (κ3) is 3.17. The highest BCUT2D eigenvalue weighted by atomic mass is 19.1. The van der Waals surface area contributed by atoms with Crippen LogP contribution in [0.2, 0.25) is 0 Å². The number of carbonyl (C=O) groups excluding carboxylic acids is 3. The number of halogens is 1. The Hall–Kier alpha value is -3.42. The molecule has 4 rings (SSSR count). The van der Waals surface area contributed by atoms with Crippen molar-refractivity contribution in [2.24, 2.45) is 0 Å². The fourth-order valence-electron chi connectivity index (χ4n) is 3.67. The van der Waals surface area contributed by atoms with Crippen molar-refractivity contribution >= 4 is 29.1 Å². The molecule has 0 aliphatic carbocycles. The molecule has 0 radical (unpaired) electrons. The number of rotatable bonds is 4. The molecule has 28 heavy (non-hydrogen) atoms. The van der Waals surface area contributed by atoms with Crippen molar-refractivity contribution in [1.82, 2.24) is 10.2 Å². The topological polar surface area (TPSA) is 105 Å². The van der Waals surface area contributed by atoms with E-state index in [1.165, 1.54) is 17.0 Å². The largest absolute Gasteiger partial charge is 0.399 e. The van der Waals surface area contributed by atoms with Crippen LogP contribution in [0.1, 0.15) is 34.3 Å². The minimum absolute atomic E-state index is 0.205. The van der Waals surface area contributed by atoms with Crippen molar-refractivity contribution in [1.29, 1.82) is 0 Å². The molecule has 2 heterocycles. The molecule has 0 bridgehead atoms. The van der Waals surface area contributed by atoms with Gasteiger partial charge in [-0.3, -0.25) is 19.7 Å². The van der Waals surface area contributed by atoms with E-state index in [1.54, 1.807) is 18.2 Å². The Labute approximate surface area is 160 Å². The van der Waals surface area contributed by atoms with Gasteiger partial charge in [0.1, 0.15) is 11.9 Å². The summed E-state index contributed by atoms with van der Waals surface area (Å²) in [6.07, 6.45) is 0.512. The van der Waals surface area contributed by atoms with Crippen LogP contribution in [0.25, 0.3) is 0 Å². The van der Waals surface area contributed by atoms with Gasteiger partial charge in [-0.25, -0.2) is 4.39 Å². The predicted octanol–water partition coefficient (Wildman–Crippen LogP) is 1.78. The van der Waals surface area contributed by atoms with Gasteiger partial charge in [0.25, 0.3) is 5.91 Å². The van der Waals surface area contributed by atoms with Gasteiger partial charge in [0, 0.05) is 47.6 Å². The van der Waals surface area contributed by atoms with Crippen LogP contribution >= 0.6 is 0 Å². The third-order valence-corrected chi connectivity index (χ3v) is 5.12. The van der Waals surface area contributed by atoms with Crippen LogP contribution in [0.5, 0.6) is 0 Å². The maximum Gasteiger partial charge on any atom is 0.255 e. The van der Waals surface area contributed by atoms with Gasteiger partial charge in [-0.05, 0) is 36.8 Å². The zero-order valence-corrected chi connectivity index (χ0v) is 15.0. The van der Waals surface area contributed by atoms with E-state index in [4.69, 9.17) is 5.73 Å². The van der Waals surface area contributed by atoms with Gasteiger partial charge in [-0.1, -0.05) is 6.07 Å². The molecular weight excluding hydrogens is 363 g/mol. The number of nitrogens with two attached hydrogens (primary N) is 1. The standard InChI is InChI=1S/C20H19FN4O3/c21-15-5-4-12(22)8-11(15)9-23-16-3-1-2-13-14(16)10-25(20(13)28)17-6-7-18(26)24-19(17)27/h1-5,8,17,23H,6-7,9-10,22H2,(H,24,26,27). The van der Waals surface area contributed by atoms with Crippen molar-refractivity contribution < 1.29 is 18.8 Å². The molecule has 0 aromatic heterocycles. The summed E-state index contributed by atoms with van der Waals surface area (Å²) in [7, 11) is 0. The van der Waals surface area contributed by atoms with Gasteiger partial charge in [-0.15, -0.1) is 0 Å². The summed E-state index contributed by atoms with van der Waals surface area (Å²) in [6, 6.07) is 8.96. The van der Waals surface area contributed by atoms with E-state index in [2.05, 4.69) is 10.6 Å². The molecule has 2 aromatic carbocycles. The van der Waals surface area contributed by atoms with E-state index in [0.717, 1.165) is 5.56 Å². The van der Waals surface area contributed by atoms with E-state index < -0.39 is 11.9 Å². The third-order valence-electron chi connectivity index (χ3n) is 5.12. The van der Waals surface area contributed by atoms with Crippen LogP contribution < -0.4 is 16.4 Å². The Morgan fingerprint density at radius 2 is 2.04 bits per heavy atom. The van der Waals surface area contributed by atoms with Crippen molar-refractivity contribution in [2.45, 2.75) is 32.0 Å². The Kier molecular flexibility index (Phi) is 4.46. The number of hydrogen-bond donors (Lipinski definition) is 3. The maximum absolute atomic E-state index is 14.0. The molecule has 4 N–H and O–H groups in total. The molecule has 144 valence electrons. The lowest BCUT2D eigenvalue weighted by Crippen LogP contribution is -2.52. The summed E-state index contributed by atoms with van der Waals surface area (Å²) in [5.41, 5.74) is 8.56. The van der Waals surface area contributed by atoms with Gasteiger partial charge < -0.3 is 16.0 Å². The number of fused-ring (bicyclic) bond motifs is 1. The number of carbonyl (C=O) groups is 3. The van der Waals surface area contributed by atoms with E-state index in [9.17, 15) is 18.8 Å². The first-order chi connectivity index (χ1) is 13.4. The summed E-state index contributed by atoms with van der Waals surface area (Å²) in [5, 5.41) is 5.45. The minimum Gasteiger partial charge on any atom is -0.399 e. The second-order valence-electron chi connectivity index (χ2n) is 6.94. The number of nitrogen functional groups attached to an aromatic ring is 1. The van der Waals surface area contributed by atoms with Crippen LogP contribution in [0, 0.1) is 5.82 Å². The minimum atomic E-state index is -0.670. The fraction of sp³-hybridized carbons (Fsp3) is 0.250. The number of anilines is 2. The molecule has 1 atom stereocenters. The first kappa shape index (κ1) is 18.0. The number of benzene rings is 2. The molecule has 0 saturated carbocycles. The van der Waals surface area contributed by atoms with Gasteiger partial charge >= 0.3 is 0 Å². The van der Waals surface area contributed by atoms with E-state index in [0.29, 0.717) is 28.9 Å². The van der Waals surface area contributed by atoms with Crippen LogP contribution in [-0.2, 0) is 22.7 Å². The van der Waals surface area contributed by atoms with Gasteiger partial charge in [-0.2, -0.15) is 0 Å². The highest BCUT2D eigenvalue weighted by Gasteiger charge is 2.39. The van der Waals surface area contributed by atoms with Crippen molar-refractivity contribution in [3.63, 3.8) is 0 Å². The molecule has 7 nitrogen and oxygen atoms in total. The van der Waals surface area contributed by atoms with E-state index in [-0.39, 0.29) is 37.1 Å². The molecular formula is C20H19FN4O3. The Morgan fingerprint density at radius 1 is 1.21 bits per heavy atom. The van der Waals surface area contributed by atoms with E-state index >= 15 is 0 Å². The lowest BCUT2D eigenvalue weighted by molar-refractivity contribution is -0.136. The Bertz CT molecular complexity index is 991. The quantitative estimate of drug-likeness (QED) is 0.552. The normalized spacial score (nSPS) is 18.8. The maximum atomic E-state index is 14.0. The molecule has 2 aliphatic heterocycles. The molecule has 8 heteroatoms. The predicted molar refractivity (Wildman–Crippen MR) is 101 cm³/mol. The van der Waals surface area contributed by atoms with E-state index in [1.807, 2.05) is 6.07 Å². The van der Waals surface area contributed by atoms with Crippen LogP contribution in [-0.4, -0.2) is 28.7 Å². The van der Waals surface area contributed by atoms with Crippen LogP contribution in [0.15, 0.2) is 36.4 Å². The fourth-order valence-corrected chi connectivity index (χ4v) is 3.67. The van der Waals surface area contributed by atoms with Gasteiger partial charge in [0.15, 0.2) is 0 Å². The monoisotopic (exact) mass is 382 g/mol. The highest BCUT2D eigenvalue weighted by molar-refractivity contribution is 6.06. The molecule has 1 unspecified atom stereocenters. The Morgan fingerprint density at radius 3 is 2.82 bits per heavy atom. The number of piperidine rings is 1. The summed E-state index contributed by atoms with van der Waals surface area (Å²) >= 11 is 0. The molecule has 1 saturated heterocycles. The molecule has 3 amide bonds. The first-order valence-corrected chi connectivity index (χ1v) is 8.98. The lowest BCUT2D eigenvalue weighted by Gasteiger charge is -2.29. The zero-order valence-electron chi connectivity index (χ0n) is 15.0. The number of nitrogens with one attached hydrogen (secondary N) is 2. The number of nitrogens with zero attached hydrogens (tertiary/aromatic N) is 1. The SMILES string of the molecule is Nc1ccc(F)c(CNc2cccc3c2CN(C2CCC(=O)NC2=O)C3=O)c1. The van der Waals surface area contributed by atoms with Crippen molar-refractivity contribution in [3.8, 4) is 0 Å². The molecule has 1 fully saturated rings. The summed E-state index contributed by atoms with van der Waals surface area (Å²) in [4.78, 5) is 37.8. The second-order valence-corrected chi connectivity index (χ2v) is 6.94. The highest BCUT2D eigenvalue weighted by Crippen LogP contribution is 2.32. The van der Waals surface area contributed by atoms with Crippen molar-refractivity contribution in [3.05, 3.63) is 58.9 Å². The number of amides is 3. The molecule has 0 spiro atoms. The molecule has 2 aromatic rings. The van der Waals surface area contributed by atoms with Crippen LogP contribution in [0.4, 0.5) is 15.8 Å². The average Bonchev–Trinajstić information content (AvgIpc) is 3.00. The van der Waals surface area contributed by atoms with Crippen molar-refractivity contribution in [2.75, 3.05) is 11.1 Å². The lowest BCUT2D eigenvalue weighted by atomic mass is 10.0. The number of hydrogen-bond acceptors (Lipinski definition) is 5. The second kappa shape index (κ2) is 6.95. The van der Waals surface area contributed by atoms with Crippen LogP contribution in [0.3, 0.4) is 0 Å². The first-order valence-electron chi connectivity index (χ1n) is 8.98. The number of imide groups is 1. The zero-order chi connectivity index (χ0) is 19.8. The van der Waals surface area contributed by atoms with Gasteiger partial charge in [0.2, 0.25) is 11.8 Å².